The Balaban J connectivity index is 1.79. The molecule has 8 nitrogen and oxygen atoms in total. The van der Waals surface area contributed by atoms with Gasteiger partial charge in [0.15, 0.2) is 0 Å². The maximum absolute atomic E-state index is 12.5. The van der Waals surface area contributed by atoms with E-state index in [9.17, 15) is 9.59 Å². The number of likely N-dealkylation sites (tertiary alicyclic amines) is 1. The lowest BCUT2D eigenvalue weighted by Gasteiger charge is -2.34. The van der Waals surface area contributed by atoms with Crippen LogP contribution in [-0.4, -0.2) is 44.5 Å². The molecule has 2 amide bonds. The first-order chi connectivity index (χ1) is 11.1. The van der Waals surface area contributed by atoms with E-state index in [1.807, 2.05) is 6.92 Å². The fourth-order valence-corrected chi connectivity index (χ4v) is 3.05. The number of pyridine rings is 1. The number of nitrogens with one attached hydrogen (secondary N) is 2. The van der Waals surface area contributed by atoms with Crippen LogP contribution in [0, 0.1) is 0 Å². The Labute approximate surface area is 133 Å². The predicted octanol–water partition coefficient (Wildman–Crippen LogP) is 1.27. The fourth-order valence-electron chi connectivity index (χ4n) is 3.05. The Hall–Kier alpha value is -2.64. The Morgan fingerprint density at radius 3 is 3.04 bits per heavy atom. The minimum atomic E-state index is -0.659. The van der Waals surface area contributed by atoms with E-state index < -0.39 is 11.8 Å². The molecule has 2 aromatic rings. The molecule has 23 heavy (non-hydrogen) atoms. The number of carbonyl (C=O) groups excluding carboxylic acids is 2. The first-order valence-corrected chi connectivity index (χ1v) is 7.81. The zero-order valence-electron chi connectivity index (χ0n) is 13.0. The van der Waals surface area contributed by atoms with Gasteiger partial charge in [0.05, 0.1) is 29.0 Å². The highest BCUT2D eigenvalue weighted by Crippen LogP contribution is 2.24. The molecule has 122 valence electrons. The van der Waals surface area contributed by atoms with Gasteiger partial charge < -0.3 is 16.0 Å². The van der Waals surface area contributed by atoms with Crippen LogP contribution >= 0.6 is 0 Å². The second-order valence-electron chi connectivity index (χ2n) is 5.73. The summed E-state index contributed by atoms with van der Waals surface area (Å²) in [4.78, 5) is 30.5. The Morgan fingerprint density at radius 2 is 2.26 bits per heavy atom. The van der Waals surface area contributed by atoms with Crippen LogP contribution in [0.3, 0.4) is 0 Å². The van der Waals surface area contributed by atoms with Gasteiger partial charge in [-0.2, -0.15) is 5.10 Å². The van der Waals surface area contributed by atoms with Gasteiger partial charge in [0.2, 0.25) is 0 Å². The van der Waals surface area contributed by atoms with Gasteiger partial charge in [0, 0.05) is 12.6 Å². The number of nitrogens with zero attached hydrogens (tertiary/aromatic N) is 3. The van der Waals surface area contributed by atoms with Gasteiger partial charge >= 0.3 is 11.8 Å². The summed E-state index contributed by atoms with van der Waals surface area (Å²) in [6.45, 7) is 2.66. The van der Waals surface area contributed by atoms with Crippen molar-refractivity contribution in [1.82, 2.24) is 20.1 Å². The number of hydrogen-bond donors (Lipinski definition) is 3. The average Bonchev–Trinajstić information content (AvgIpc) is 3.07. The number of nitrogens with two attached hydrogens (primary N) is 1. The molecule has 1 aliphatic heterocycles. The average molecular weight is 316 g/mol. The first kappa shape index (κ1) is 15.3. The highest BCUT2D eigenvalue weighted by molar-refractivity contribution is 6.40. The van der Waals surface area contributed by atoms with E-state index in [1.165, 1.54) is 12.4 Å². The topological polar surface area (TPSA) is 117 Å². The number of H-pyrrole nitrogens is 1. The molecule has 0 radical (unpaired) electrons. The van der Waals surface area contributed by atoms with Crippen molar-refractivity contribution in [3.63, 3.8) is 0 Å². The summed E-state index contributed by atoms with van der Waals surface area (Å²) in [6, 6.07) is 0.138. The van der Waals surface area contributed by atoms with E-state index in [1.54, 1.807) is 4.90 Å². The quantitative estimate of drug-likeness (QED) is 0.721. The van der Waals surface area contributed by atoms with Gasteiger partial charge in [-0.05, 0) is 25.7 Å². The van der Waals surface area contributed by atoms with Crippen molar-refractivity contribution >= 4 is 34.2 Å². The zero-order valence-corrected chi connectivity index (χ0v) is 13.0. The standard InChI is InChI=1S/C15H20N6O2/c1-2-9-5-3-4-6-21(9)15(23)14(22)19-11-8-17-13(16)10-7-18-20-12(10)11/h7-9H,2-6H2,1H3,(H2,16,17)(H,18,20)(H,19,22). The molecule has 0 saturated carbocycles. The lowest BCUT2D eigenvalue weighted by Crippen LogP contribution is -2.48. The molecular formula is C15H20N6O2. The summed E-state index contributed by atoms with van der Waals surface area (Å²) in [5, 5.41) is 9.89. The van der Waals surface area contributed by atoms with Crippen molar-refractivity contribution in [3.05, 3.63) is 12.4 Å². The summed E-state index contributed by atoms with van der Waals surface area (Å²) < 4.78 is 0. The molecule has 0 aromatic carbocycles. The number of nitrogen functional groups attached to an aromatic ring is 1. The normalized spacial score (nSPS) is 18.1. The van der Waals surface area contributed by atoms with Crippen LogP contribution in [0.1, 0.15) is 32.6 Å². The third-order valence-corrected chi connectivity index (χ3v) is 4.32. The zero-order chi connectivity index (χ0) is 16.4. The van der Waals surface area contributed by atoms with Gasteiger partial charge in [0.1, 0.15) is 5.82 Å². The number of piperidine rings is 1. The maximum atomic E-state index is 12.5. The van der Waals surface area contributed by atoms with Crippen molar-refractivity contribution in [1.29, 1.82) is 0 Å². The molecule has 8 heteroatoms. The van der Waals surface area contributed by atoms with E-state index in [-0.39, 0.29) is 6.04 Å². The molecule has 4 N–H and O–H groups in total. The van der Waals surface area contributed by atoms with Crippen LogP contribution < -0.4 is 11.1 Å². The molecule has 1 saturated heterocycles. The van der Waals surface area contributed by atoms with Crippen LogP contribution in [0.4, 0.5) is 11.5 Å². The summed E-state index contributed by atoms with van der Waals surface area (Å²) in [5.74, 6) is -0.839. The molecule has 3 heterocycles. The second kappa shape index (κ2) is 6.23. The number of rotatable bonds is 2. The number of anilines is 2. The van der Waals surface area contributed by atoms with Gasteiger partial charge in [-0.25, -0.2) is 4.98 Å². The van der Waals surface area contributed by atoms with Gasteiger partial charge in [-0.1, -0.05) is 6.92 Å². The van der Waals surface area contributed by atoms with E-state index in [0.29, 0.717) is 29.0 Å². The highest BCUT2D eigenvalue weighted by Gasteiger charge is 2.30. The van der Waals surface area contributed by atoms with Crippen LogP contribution in [-0.2, 0) is 9.59 Å². The third kappa shape index (κ3) is 2.84. The maximum Gasteiger partial charge on any atom is 0.314 e. The van der Waals surface area contributed by atoms with Crippen molar-refractivity contribution in [2.24, 2.45) is 0 Å². The number of aromatic nitrogens is 3. The summed E-state index contributed by atoms with van der Waals surface area (Å²) in [7, 11) is 0. The minimum absolute atomic E-state index is 0.138. The highest BCUT2D eigenvalue weighted by atomic mass is 16.2. The number of amides is 2. The summed E-state index contributed by atoms with van der Waals surface area (Å²) in [5.41, 5.74) is 6.71. The second-order valence-corrected chi connectivity index (χ2v) is 5.73. The molecular weight excluding hydrogens is 296 g/mol. The predicted molar refractivity (Wildman–Crippen MR) is 86.6 cm³/mol. The monoisotopic (exact) mass is 316 g/mol. The lowest BCUT2D eigenvalue weighted by atomic mass is 10.00. The lowest BCUT2D eigenvalue weighted by molar-refractivity contribution is -0.145. The van der Waals surface area contributed by atoms with Crippen LogP contribution in [0.2, 0.25) is 0 Å². The number of fused-ring (bicyclic) bond motifs is 1. The Morgan fingerprint density at radius 1 is 1.43 bits per heavy atom. The fraction of sp³-hybridized carbons (Fsp3) is 0.467. The molecule has 3 rings (SSSR count). The molecule has 0 bridgehead atoms. The van der Waals surface area contributed by atoms with E-state index >= 15 is 0 Å². The first-order valence-electron chi connectivity index (χ1n) is 7.81. The summed E-state index contributed by atoms with van der Waals surface area (Å²) in [6.07, 6.45) is 6.79. The Kier molecular flexibility index (Phi) is 4.14. The molecule has 2 aromatic heterocycles. The Bertz CT molecular complexity index is 741. The molecule has 1 unspecified atom stereocenters. The molecule has 1 atom stereocenters. The minimum Gasteiger partial charge on any atom is -0.383 e. The van der Waals surface area contributed by atoms with Gasteiger partial charge in [-0.3, -0.25) is 14.7 Å². The van der Waals surface area contributed by atoms with E-state index in [4.69, 9.17) is 5.73 Å². The van der Waals surface area contributed by atoms with Crippen molar-refractivity contribution in [3.8, 4) is 0 Å². The summed E-state index contributed by atoms with van der Waals surface area (Å²) >= 11 is 0. The van der Waals surface area contributed by atoms with Gasteiger partial charge in [-0.15, -0.1) is 0 Å². The number of hydrogen-bond acceptors (Lipinski definition) is 5. The van der Waals surface area contributed by atoms with E-state index in [2.05, 4.69) is 20.5 Å². The van der Waals surface area contributed by atoms with Crippen molar-refractivity contribution in [2.75, 3.05) is 17.6 Å². The smallest absolute Gasteiger partial charge is 0.314 e. The molecule has 1 fully saturated rings. The van der Waals surface area contributed by atoms with Crippen LogP contribution in [0.25, 0.3) is 10.9 Å². The van der Waals surface area contributed by atoms with Crippen molar-refractivity contribution < 1.29 is 9.59 Å². The van der Waals surface area contributed by atoms with Gasteiger partial charge in [0.25, 0.3) is 0 Å². The van der Waals surface area contributed by atoms with E-state index in [0.717, 1.165) is 25.7 Å². The van der Waals surface area contributed by atoms with Crippen molar-refractivity contribution in [2.45, 2.75) is 38.6 Å². The SMILES string of the molecule is CCC1CCCCN1C(=O)C(=O)Nc1cnc(N)c2cn[nH]c12. The molecule has 0 aliphatic carbocycles. The van der Waals surface area contributed by atoms with Crippen LogP contribution in [0.15, 0.2) is 12.4 Å². The number of carbonyl (C=O) groups is 2. The van der Waals surface area contributed by atoms with Crippen LogP contribution in [0.5, 0.6) is 0 Å². The third-order valence-electron chi connectivity index (χ3n) is 4.32. The number of aromatic amines is 1. The molecule has 0 spiro atoms. The molecule has 1 aliphatic rings. The largest absolute Gasteiger partial charge is 0.383 e.